The predicted molar refractivity (Wildman–Crippen MR) is 48.2 cm³/mol. The largest absolute Gasteiger partial charge is 0.326 e. The number of nitrogens with two attached hydrogens (primary N) is 1. The van der Waals surface area contributed by atoms with E-state index in [0.717, 1.165) is 0 Å². The second kappa shape index (κ2) is 3.12. The van der Waals surface area contributed by atoms with Crippen LogP contribution in [0, 0.1) is 11.3 Å². The van der Waals surface area contributed by atoms with Crippen LogP contribution in [0.2, 0.25) is 0 Å². The molecular weight excluding hydrogens is 182 g/mol. The smallest absolute Gasteiger partial charge is 0.229 e. The lowest BCUT2D eigenvalue weighted by molar-refractivity contribution is -0.117. The van der Waals surface area contributed by atoms with Gasteiger partial charge in [0.25, 0.3) is 0 Å². The van der Waals surface area contributed by atoms with Crippen molar-refractivity contribution in [3.8, 4) is 6.07 Å². The van der Waals surface area contributed by atoms with Crippen LogP contribution in [0.1, 0.15) is 12.0 Å². The summed E-state index contributed by atoms with van der Waals surface area (Å²) in [6.07, 6.45) is 1.72. The summed E-state index contributed by atoms with van der Waals surface area (Å²) < 4.78 is 0. The zero-order valence-corrected chi connectivity index (χ0v) is 7.40. The molecule has 6 heteroatoms. The van der Waals surface area contributed by atoms with Gasteiger partial charge in [-0.15, -0.1) is 0 Å². The van der Waals surface area contributed by atoms with E-state index < -0.39 is 0 Å². The first-order valence-electron chi connectivity index (χ1n) is 4.22. The quantitative estimate of drug-likeness (QED) is 0.615. The summed E-state index contributed by atoms with van der Waals surface area (Å²) in [6, 6.07) is 1.80. The number of anilines is 1. The Morgan fingerprint density at radius 2 is 2.57 bits per heavy atom. The molecule has 2 rings (SSSR count). The average Bonchev–Trinajstić information content (AvgIpc) is 2.71. The summed E-state index contributed by atoms with van der Waals surface area (Å²) in [4.78, 5) is 12.9. The number of nitrogens with zero attached hydrogens (tertiary/aromatic N) is 3. The van der Waals surface area contributed by atoms with E-state index in [4.69, 9.17) is 11.0 Å². The second-order valence-corrected chi connectivity index (χ2v) is 3.21. The number of aromatic amines is 1. The Morgan fingerprint density at radius 1 is 1.79 bits per heavy atom. The van der Waals surface area contributed by atoms with Crippen LogP contribution in [0.15, 0.2) is 6.20 Å². The van der Waals surface area contributed by atoms with E-state index in [0.29, 0.717) is 24.3 Å². The molecule has 1 amide bonds. The minimum absolute atomic E-state index is 0.0711. The summed E-state index contributed by atoms with van der Waals surface area (Å²) in [5.41, 5.74) is 6.00. The number of hydrogen-bond acceptors (Lipinski definition) is 4. The van der Waals surface area contributed by atoms with Crippen LogP contribution < -0.4 is 10.6 Å². The first kappa shape index (κ1) is 8.72. The fraction of sp³-hybridized carbons (Fsp3) is 0.375. The SMILES string of the molecule is N#Cc1cn[nH]c1N1CC(N)CC1=O. The molecule has 2 heterocycles. The van der Waals surface area contributed by atoms with Gasteiger partial charge in [0.05, 0.1) is 6.20 Å². The van der Waals surface area contributed by atoms with Crippen molar-refractivity contribution in [3.05, 3.63) is 11.8 Å². The topological polar surface area (TPSA) is 98.8 Å². The first-order valence-corrected chi connectivity index (χ1v) is 4.22. The van der Waals surface area contributed by atoms with E-state index in [9.17, 15) is 4.79 Å². The van der Waals surface area contributed by atoms with Gasteiger partial charge in [-0.3, -0.25) is 14.8 Å². The molecule has 72 valence electrons. The molecule has 3 N–H and O–H groups in total. The van der Waals surface area contributed by atoms with Crippen molar-refractivity contribution in [2.24, 2.45) is 5.73 Å². The van der Waals surface area contributed by atoms with E-state index in [2.05, 4.69) is 10.2 Å². The molecule has 0 radical (unpaired) electrons. The van der Waals surface area contributed by atoms with E-state index in [1.165, 1.54) is 11.1 Å². The standard InChI is InChI=1S/C8H9N5O/c9-2-5-3-11-12-8(5)13-4-6(10)1-7(13)14/h3,6H,1,4,10H2,(H,11,12). The molecule has 1 aromatic heterocycles. The van der Waals surface area contributed by atoms with Gasteiger partial charge in [-0.2, -0.15) is 10.4 Å². The molecule has 0 spiro atoms. The summed E-state index contributed by atoms with van der Waals surface area (Å²) in [5, 5.41) is 15.1. The van der Waals surface area contributed by atoms with Crippen LogP contribution in [-0.2, 0) is 4.79 Å². The molecule has 1 aliphatic rings. The number of carbonyl (C=O) groups excluding carboxylic acids is 1. The fourth-order valence-corrected chi connectivity index (χ4v) is 1.52. The first-order chi connectivity index (χ1) is 6.72. The van der Waals surface area contributed by atoms with Crippen molar-refractivity contribution >= 4 is 11.7 Å². The van der Waals surface area contributed by atoms with Gasteiger partial charge in [0, 0.05) is 19.0 Å². The highest BCUT2D eigenvalue weighted by Crippen LogP contribution is 2.21. The monoisotopic (exact) mass is 191 g/mol. The number of amides is 1. The molecule has 6 nitrogen and oxygen atoms in total. The number of H-pyrrole nitrogens is 1. The van der Waals surface area contributed by atoms with E-state index in [-0.39, 0.29) is 11.9 Å². The van der Waals surface area contributed by atoms with Gasteiger partial charge in [-0.05, 0) is 0 Å². The summed E-state index contributed by atoms with van der Waals surface area (Å²) in [5.74, 6) is 0.378. The normalized spacial score (nSPS) is 21.3. The molecule has 1 saturated heterocycles. The maximum absolute atomic E-state index is 11.4. The molecule has 14 heavy (non-hydrogen) atoms. The van der Waals surface area contributed by atoms with Crippen molar-refractivity contribution < 1.29 is 4.79 Å². The predicted octanol–water partition coefficient (Wildman–Crippen LogP) is -0.655. The Morgan fingerprint density at radius 3 is 3.14 bits per heavy atom. The van der Waals surface area contributed by atoms with Crippen molar-refractivity contribution in [3.63, 3.8) is 0 Å². The average molecular weight is 191 g/mol. The molecule has 1 aliphatic heterocycles. The maximum Gasteiger partial charge on any atom is 0.229 e. The van der Waals surface area contributed by atoms with Gasteiger partial charge in [0.1, 0.15) is 17.5 Å². The Hall–Kier alpha value is -1.87. The molecule has 0 saturated carbocycles. The van der Waals surface area contributed by atoms with Gasteiger partial charge in [-0.1, -0.05) is 0 Å². The van der Waals surface area contributed by atoms with Crippen LogP contribution in [-0.4, -0.2) is 28.7 Å². The van der Waals surface area contributed by atoms with Crippen molar-refractivity contribution in [1.82, 2.24) is 10.2 Å². The molecular formula is C8H9N5O. The summed E-state index contributed by atoms with van der Waals surface area (Å²) in [6.45, 7) is 0.440. The van der Waals surface area contributed by atoms with Crippen LogP contribution in [0.25, 0.3) is 0 Å². The molecule has 0 aromatic carbocycles. The highest BCUT2D eigenvalue weighted by molar-refractivity contribution is 5.96. The lowest BCUT2D eigenvalue weighted by atomic mass is 10.3. The van der Waals surface area contributed by atoms with E-state index in [1.54, 1.807) is 0 Å². The number of rotatable bonds is 1. The number of carbonyl (C=O) groups is 1. The van der Waals surface area contributed by atoms with Gasteiger partial charge in [-0.25, -0.2) is 0 Å². The number of aromatic nitrogens is 2. The number of nitrogens with one attached hydrogen (secondary N) is 1. The van der Waals surface area contributed by atoms with Crippen molar-refractivity contribution in [2.75, 3.05) is 11.4 Å². The Bertz CT molecular complexity index is 404. The number of hydrogen-bond donors (Lipinski definition) is 2. The zero-order chi connectivity index (χ0) is 10.1. The third-order valence-electron chi connectivity index (χ3n) is 2.16. The Labute approximate surface area is 80.3 Å². The van der Waals surface area contributed by atoms with E-state index in [1.807, 2.05) is 6.07 Å². The van der Waals surface area contributed by atoms with Crippen molar-refractivity contribution in [2.45, 2.75) is 12.5 Å². The van der Waals surface area contributed by atoms with Gasteiger partial charge < -0.3 is 5.73 Å². The van der Waals surface area contributed by atoms with Gasteiger partial charge in [0.2, 0.25) is 5.91 Å². The van der Waals surface area contributed by atoms with Crippen LogP contribution in [0.5, 0.6) is 0 Å². The Kier molecular flexibility index (Phi) is 1.94. The molecule has 0 aliphatic carbocycles. The van der Waals surface area contributed by atoms with Crippen LogP contribution in [0.3, 0.4) is 0 Å². The molecule has 1 atom stereocenters. The fourth-order valence-electron chi connectivity index (χ4n) is 1.52. The highest BCUT2D eigenvalue weighted by atomic mass is 16.2. The third kappa shape index (κ3) is 1.24. The third-order valence-corrected chi connectivity index (χ3v) is 2.16. The number of nitriles is 1. The summed E-state index contributed by atoms with van der Waals surface area (Å²) >= 11 is 0. The molecule has 1 unspecified atom stereocenters. The zero-order valence-electron chi connectivity index (χ0n) is 7.40. The van der Waals surface area contributed by atoms with Crippen molar-refractivity contribution in [1.29, 1.82) is 5.26 Å². The van der Waals surface area contributed by atoms with Crippen LogP contribution >= 0.6 is 0 Å². The van der Waals surface area contributed by atoms with E-state index >= 15 is 0 Å². The minimum Gasteiger partial charge on any atom is -0.326 e. The molecule has 0 bridgehead atoms. The van der Waals surface area contributed by atoms with Gasteiger partial charge in [0.15, 0.2) is 0 Å². The molecule has 1 aromatic rings. The lowest BCUT2D eigenvalue weighted by Gasteiger charge is -2.13. The highest BCUT2D eigenvalue weighted by Gasteiger charge is 2.30. The minimum atomic E-state index is -0.155. The summed E-state index contributed by atoms with van der Waals surface area (Å²) in [7, 11) is 0. The second-order valence-electron chi connectivity index (χ2n) is 3.21. The lowest BCUT2D eigenvalue weighted by Crippen LogP contribution is -2.28. The van der Waals surface area contributed by atoms with Crippen LogP contribution in [0.4, 0.5) is 5.82 Å². The van der Waals surface area contributed by atoms with Gasteiger partial charge >= 0.3 is 0 Å². The Balaban J connectivity index is 2.32. The maximum atomic E-state index is 11.4. The molecule has 1 fully saturated rings.